The molecule has 1 unspecified atom stereocenters. The molecule has 0 saturated heterocycles. The van der Waals surface area contributed by atoms with E-state index in [0.29, 0.717) is 29.3 Å². The molecule has 168 valence electrons. The van der Waals surface area contributed by atoms with E-state index in [1.165, 1.54) is 16.3 Å². The largest absolute Gasteiger partial charge is 0.497 e. The number of hydrogen-bond donors (Lipinski definition) is 0. The molecule has 5 aromatic rings. The first-order valence-electron chi connectivity index (χ1n) is 11.2. The van der Waals surface area contributed by atoms with E-state index in [1.54, 1.807) is 29.6 Å². The third-order valence-electron chi connectivity index (χ3n) is 6.39. The Morgan fingerprint density at radius 1 is 1.00 bits per heavy atom. The Bertz CT molecular complexity index is 1520. The Morgan fingerprint density at radius 2 is 1.82 bits per heavy atom. The summed E-state index contributed by atoms with van der Waals surface area (Å²) in [6.45, 7) is 0. The summed E-state index contributed by atoms with van der Waals surface area (Å²) in [4.78, 5) is 22.3. The van der Waals surface area contributed by atoms with E-state index in [-0.39, 0.29) is 11.7 Å². The van der Waals surface area contributed by atoms with Gasteiger partial charge in [0.1, 0.15) is 5.75 Å². The standard InChI is InChI=1S/C27H22N4O2S/c1-33-21-11-9-17(10-12-21)20-13-24-23(25(32)14-20)15-31-26(28-24)29-27(30-31)34-16-19-7-4-6-18-5-2-3-8-22(18)19/h2-12,15,20H,13-14,16H2,1H3. The van der Waals surface area contributed by atoms with Crippen LogP contribution in [-0.4, -0.2) is 32.5 Å². The molecule has 0 amide bonds. The fraction of sp³-hybridized carbons (Fsp3) is 0.185. The summed E-state index contributed by atoms with van der Waals surface area (Å²) >= 11 is 1.58. The lowest BCUT2D eigenvalue weighted by Crippen LogP contribution is -2.21. The second-order valence-corrected chi connectivity index (χ2v) is 9.41. The van der Waals surface area contributed by atoms with Gasteiger partial charge in [-0.05, 0) is 46.4 Å². The number of methoxy groups -OCH3 is 1. The molecule has 6 rings (SSSR count). The van der Waals surface area contributed by atoms with Crippen LogP contribution in [0.2, 0.25) is 0 Å². The third kappa shape index (κ3) is 3.82. The third-order valence-corrected chi connectivity index (χ3v) is 7.27. The Morgan fingerprint density at radius 3 is 2.68 bits per heavy atom. The second-order valence-electron chi connectivity index (χ2n) is 8.47. The summed E-state index contributed by atoms with van der Waals surface area (Å²) in [5.41, 5.74) is 3.80. The summed E-state index contributed by atoms with van der Waals surface area (Å²) in [5.74, 6) is 2.29. The summed E-state index contributed by atoms with van der Waals surface area (Å²) in [6.07, 6.45) is 2.96. The molecule has 1 aliphatic carbocycles. The van der Waals surface area contributed by atoms with Crippen molar-refractivity contribution in [3.8, 4) is 5.75 Å². The van der Waals surface area contributed by atoms with E-state index in [2.05, 4.69) is 52.5 Å². The summed E-state index contributed by atoms with van der Waals surface area (Å²) in [6, 6.07) is 22.6. The number of benzene rings is 3. The second kappa shape index (κ2) is 8.57. The molecular formula is C27H22N4O2S. The van der Waals surface area contributed by atoms with Crippen molar-refractivity contribution in [1.29, 1.82) is 0 Å². The van der Waals surface area contributed by atoms with Gasteiger partial charge in [-0.25, -0.2) is 9.50 Å². The van der Waals surface area contributed by atoms with Crippen LogP contribution in [0.3, 0.4) is 0 Å². The van der Waals surface area contributed by atoms with Gasteiger partial charge in [-0.15, -0.1) is 5.10 Å². The zero-order chi connectivity index (χ0) is 23.1. The molecule has 2 heterocycles. The van der Waals surface area contributed by atoms with Crippen molar-refractivity contribution in [1.82, 2.24) is 19.6 Å². The molecule has 0 N–H and O–H groups in total. The number of carbonyl (C=O) groups is 1. The number of rotatable bonds is 5. The molecule has 0 radical (unpaired) electrons. The lowest BCUT2D eigenvalue weighted by Gasteiger charge is -2.23. The maximum atomic E-state index is 12.9. The Hall–Kier alpha value is -3.71. The van der Waals surface area contributed by atoms with E-state index in [9.17, 15) is 4.79 Å². The molecule has 6 nitrogen and oxygen atoms in total. The van der Waals surface area contributed by atoms with Crippen molar-refractivity contribution in [2.45, 2.75) is 29.7 Å². The molecule has 0 fully saturated rings. The number of aromatic nitrogens is 4. The number of Topliss-reactive ketones (excluding diaryl/α,β-unsaturated/α-hetero) is 1. The minimum absolute atomic E-state index is 0.0944. The number of carbonyl (C=O) groups excluding carboxylic acids is 1. The molecule has 2 aromatic heterocycles. The molecule has 1 atom stereocenters. The van der Waals surface area contributed by atoms with Crippen LogP contribution in [-0.2, 0) is 12.2 Å². The zero-order valence-corrected chi connectivity index (χ0v) is 19.5. The number of thioether (sulfide) groups is 1. The van der Waals surface area contributed by atoms with E-state index in [0.717, 1.165) is 22.8 Å². The Balaban J connectivity index is 1.26. The number of ether oxygens (including phenoxy) is 1. The van der Waals surface area contributed by atoms with Crippen LogP contribution in [0.1, 0.15) is 39.5 Å². The maximum Gasteiger partial charge on any atom is 0.253 e. The highest BCUT2D eigenvalue weighted by Gasteiger charge is 2.28. The van der Waals surface area contributed by atoms with Gasteiger partial charge < -0.3 is 4.74 Å². The molecule has 0 aliphatic heterocycles. The van der Waals surface area contributed by atoms with Gasteiger partial charge in [0.05, 0.1) is 18.4 Å². The monoisotopic (exact) mass is 466 g/mol. The van der Waals surface area contributed by atoms with Gasteiger partial charge in [0.25, 0.3) is 5.78 Å². The van der Waals surface area contributed by atoms with Crippen molar-refractivity contribution >= 4 is 34.1 Å². The Kier molecular flexibility index (Phi) is 5.26. The van der Waals surface area contributed by atoms with Crippen LogP contribution in [0, 0.1) is 0 Å². The molecule has 1 aliphatic rings. The first kappa shape index (κ1) is 20.9. The number of hydrogen-bond acceptors (Lipinski definition) is 6. The SMILES string of the molecule is COc1ccc(C2CC(=O)c3cn4nc(SCc5cccc6ccccc56)nc4nc3C2)cc1. The summed E-state index contributed by atoms with van der Waals surface area (Å²) < 4.78 is 6.89. The van der Waals surface area contributed by atoms with Crippen molar-refractivity contribution in [2.75, 3.05) is 7.11 Å². The lowest BCUT2D eigenvalue weighted by molar-refractivity contribution is 0.0962. The van der Waals surface area contributed by atoms with Crippen LogP contribution in [0.5, 0.6) is 5.75 Å². The topological polar surface area (TPSA) is 69.4 Å². The molecule has 0 spiro atoms. The fourth-order valence-electron chi connectivity index (χ4n) is 4.60. The van der Waals surface area contributed by atoms with Gasteiger partial charge in [0, 0.05) is 18.4 Å². The van der Waals surface area contributed by atoms with E-state index in [1.807, 2.05) is 24.3 Å². The molecule has 7 heteroatoms. The molecule has 0 bridgehead atoms. The molecule has 0 saturated carbocycles. The predicted octanol–water partition coefficient (Wildman–Crippen LogP) is 5.49. The molecule has 3 aromatic carbocycles. The molecular weight excluding hydrogens is 444 g/mol. The van der Waals surface area contributed by atoms with Crippen LogP contribution < -0.4 is 4.74 Å². The minimum atomic E-state index is 0.0944. The van der Waals surface area contributed by atoms with E-state index < -0.39 is 0 Å². The number of ketones is 1. The maximum absolute atomic E-state index is 12.9. The smallest absolute Gasteiger partial charge is 0.253 e. The summed E-state index contributed by atoms with van der Waals surface area (Å²) in [5, 5.41) is 7.71. The minimum Gasteiger partial charge on any atom is -0.497 e. The average molecular weight is 467 g/mol. The van der Waals surface area contributed by atoms with Gasteiger partial charge in [-0.2, -0.15) is 4.98 Å². The normalized spacial score (nSPS) is 15.6. The van der Waals surface area contributed by atoms with Crippen LogP contribution >= 0.6 is 11.8 Å². The first-order chi connectivity index (χ1) is 16.7. The van der Waals surface area contributed by atoms with Gasteiger partial charge in [0.15, 0.2) is 5.78 Å². The van der Waals surface area contributed by atoms with Crippen molar-refractivity contribution in [3.05, 3.63) is 95.3 Å². The van der Waals surface area contributed by atoms with Crippen LogP contribution in [0.25, 0.3) is 16.6 Å². The highest BCUT2D eigenvalue weighted by atomic mass is 32.2. The highest BCUT2D eigenvalue weighted by Crippen LogP contribution is 2.33. The quantitative estimate of drug-likeness (QED) is 0.319. The van der Waals surface area contributed by atoms with Crippen molar-refractivity contribution in [2.24, 2.45) is 0 Å². The number of fused-ring (bicyclic) bond motifs is 3. The lowest BCUT2D eigenvalue weighted by atomic mass is 9.82. The molecule has 34 heavy (non-hydrogen) atoms. The summed E-state index contributed by atoms with van der Waals surface area (Å²) in [7, 11) is 1.65. The predicted molar refractivity (Wildman–Crippen MR) is 133 cm³/mol. The van der Waals surface area contributed by atoms with E-state index in [4.69, 9.17) is 9.72 Å². The van der Waals surface area contributed by atoms with Crippen molar-refractivity contribution < 1.29 is 9.53 Å². The van der Waals surface area contributed by atoms with Crippen LogP contribution in [0.15, 0.2) is 78.1 Å². The van der Waals surface area contributed by atoms with Crippen molar-refractivity contribution in [3.63, 3.8) is 0 Å². The van der Waals surface area contributed by atoms with E-state index >= 15 is 0 Å². The average Bonchev–Trinajstić information content (AvgIpc) is 3.28. The fourth-order valence-corrected chi connectivity index (χ4v) is 5.43. The van der Waals surface area contributed by atoms with Gasteiger partial charge >= 0.3 is 0 Å². The highest BCUT2D eigenvalue weighted by molar-refractivity contribution is 7.98. The van der Waals surface area contributed by atoms with Gasteiger partial charge in [-0.3, -0.25) is 4.79 Å². The van der Waals surface area contributed by atoms with Gasteiger partial charge in [-0.1, -0.05) is 66.4 Å². The zero-order valence-electron chi connectivity index (χ0n) is 18.6. The number of nitrogens with zero attached hydrogens (tertiary/aromatic N) is 4. The van der Waals surface area contributed by atoms with Gasteiger partial charge in [0.2, 0.25) is 5.16 Å². The van der Waals surface area contributed by atoms with Crippen LogP contribution in [0.4, 0.5) is 0 Å². The Labute approximate surface area is 201 Å². The first-order valence-corrected chi connectivity index (χ1v) is 12.2.